The number of aliphatic hydroxyl groups is 1. The average molecular weight is 446 g/mol. The highest BCUT2D eigenvalue weighted by atomic mass is 16.5. The highest BCUT2D eigenvalue weighted by Crippen LogP contribution is 2.19. The maximum atomic E-state index is 12.9. The molecule has 0 fully saturated rings. The first kappa shape index (κ1) is 24.2. The van der Waals surface area contributed by atoms with Crippen LogP contribution < -0.4 is 0 Å². The number of rotatable bonds is 6. The number of aromatic nitrogens is 3. The number of carbonyl (C=O) groups is 1. The lowest BCUT2D eigenvalue weighted by molar-refractivity contribution is -0.136. The number of hydrogen-bond donors (Lipinski definition) is 2. The molecule has 1 aliphatic rings. The van der Waals surface area contributed by atoms with Crippen LogP contribution in [0.4, 0.5) is 0 Å². The number of aryl methyl sites for hydroxylation is 1. The Morgan fingerprint density at radius 2 is 2.19 bits per heavy atom. The van der Waals surface area contributed by atoms with Crippen LogP contribution >= 0.6 is 0 Å². The number of phenols is 1. The summed E-state index contributed by atoms with van der Waals surface area (Å²) in [6.07, 6.45) is 2.77. The third-order valence-electron chi connectivity index (χ3n) is 5.90. The maximum Gasteiger partial charge on any atom is 0.222 e. The van der Waals surface area contributed by atoms with Gasteiger partial charge in [-0.1, -0.05) is 24.3 Å². The fourth-order valence-corrected chi connectivity index (χ4v) is 4.03. The van der Waals surface area contributed by atoms with Gasteiger partial charge >= 0.3 is 0 Å². The third kappa shape index (κ3) is 6.75. The van der Waals surface area contributed by atoms with Crippen molar-refractivity contribution in [2.24, 2.45) is 5.92 Å². The predicted molar refractivity (Wildman–Crippen MR) is 120 cm³/mol. The second-order valence-electron chi connectivity index (χ2n) is 8.85. The van der Waals surface area contributed by atoms with E-state index in [0.29, 0.717) is 45.6 Å². The standard InChI is InChI=1S/C23H35N5O4/c1-17-11-28(18(2)15-29)23(31)8-5-9-27-13-20(24-25-27)16-32-22(17)14-26(3)12-19-6-4-7-21(30)10-19/h4,6-7,10,13,17-18,22,29-30H,5,8-9,11-12,14-16H2,1-3H3/t17-,18+,22+/m1/s1. The number of likely N-dealkylation sites (N-methyl/N-ethyl adjacent to an activating group) is 1. The van der Waals surface area contributed by atoms with E-state index in [2.05, 4.69) is 22.1 Å². The van der Waals surface area contributed by atoms with E-state index in [9.17, 15) is 15.0 Å². The van der Waals surface area contributed by atoms with E-state index in [1.165, 1.54) is 0 Å². The van der Waals surface area contributed by atoms with Crippen LogP contribution in [0.5, 0.6) is 5.75 Å². The van der Waals surface area contributed by atoms with Gasteiger partial charge in [0.25, 0.3) is 0 Å². The summed E-state index contributed by atoms with van der Waals surface area (Å²) in [5, 5.41) is 27.8. The first-order chi connectivity index (χ1) is 15.4. The highest BCUT2D eigenvalue weighted by Gasteiger charge is 2.28. The molecule has 1 aliphatic heterocycles. The number of aliphatic hydroxyl groups excluding tert-OH is 1. The van der Waals surface area contributed by atoms with E-state index in [1.807, 2.05) is 32.3 Å². The smallest absolute Gasteiger partial charge is 0.222 e. The highest BCUT2D eigenvalue weighted by molar-refractivity contribution is 5.76. The van der Waals surface area contributed by atoms with Gasteiger partial charge in [0.05, 0.1) is 31.6 Å². The molecule has 0 radical (unpaired) electrons. The van der Waals surface area contributed by atoms with Gasteiger partial charge in [-0.25, -0.2) is 0 Å². The molecule has 0 saturated carbocycles. The van der Waals surface area contributed by atoms with E-state index in [-0.39, 0.29) is 36.3 Å². The van der Waals surface area contributed by atoms with Crippen LogP contribution in [0, 0.1) is 5.92 Å². The summed E-state index contributed by atoms with van der Waals surface area (Å²) in [7, 11) is 2.01. The van der Waals surface area contributed by atoms with Gasteiger partial charge in [-0.05, 0) is 38.1 Å². The third-order valence-corrected chi connectivity index (χ3v) is 5.90. The topological polar surface area (TPSA) is 104 Å². The van der Waals surface area contributed by atoms with E-state index < -0.39 is 0 Å². The SMILES string of the molecule is C[C@@H]1CN([C@@H](C)CO)C(=O)CCCn2cc(nn2)CO[C@H]1CN(C)Cc1cccc(O)c1. The molecule has 9 nitrogen and oxygen atoms in total. The fourth-order valence-electron chi connectivity index (χ4n) is 4.03. The van der Waals surface area contributed by atoms with Gasteiger partial charge in [-0.15, -0.1) is 5.10 Å². The normalized spacial score (nSPS) is 21.7. The van der Waals surface area contributed by atoms with Gasteiger partial charge in [0.15, 0.2) is 0 Å². The minimum absolute atomic E-state index is 0.0323. The van der Waals surface area contributed by atoms with Crippen LogP contribution in [-0.2, 0) is 29.2 Å². The van der Waals surface area contributed by atoms with Gasteiger partial charge in [-0.2, -0.15) is 0 Å². The van der Waals surface area contributed by atoms with Crippen molar-refractivity contribution in [1.29, 1.82) is 0 Å². The van der Waals surface area contributed by atoms with Crippen molar-refractivity contribution in [2.45, 2.75) is 58.5 Å². The Morgan fingerprint density at radius 1 is 1.38 bits per heavy atom. The molecule has 1 aromatic carbocycles. The summed E-state index contributed by atoms with van der Waals surface area (Å²) in [6.45, 7) is 6.64. The van der Waals surface area contributed by atoms with Gasteiger partial charge < -0.3 is 19.8 Å². The molecule has 2 N–H and O–H groups in total. The molecular weight excluding hydrogens is 410 g/mol. The molecular formula is C23H35N5O4. The molecule has 2 aromatic rings. The molecule has 1 aromatic heterocycles. The number of hydrogen-bond acceptors (Lipinski definition) is 7. The molecule has 0 aliphatic carbocycles. The first-order valence-electron chi connectivity index (χ1n) is 11.2. The Hall–Kier alpha value is -2.49. The van der Waals surface area contributed by atoms with Crippen molar-refractivity contribution in [3.63, 3.8) is 0 Å². The minimum atomic E-state index is -0.252. The summed E-state index contributed by atoms with van der Waals surface area (Å²) in [5.74, 6) is 0.318. The quantitative estimate of drug-likeness (QED) is 0.697. The monoisotopic (exact) mass is 445 g/mol. The van der Waals surface area contributed by atoms with Crippen LogP contribution in [0.3, 0.4) is 0 Å². The number of phenolic OH excluding ortho intramolecular Hbond substituents is 1. The van der Waals surface area contributed by atoms with Crippen molar-refractivity contribution in [3.8, 4) is 5.75 Å². The van der Waals surface area contributed by atoms with Crippen molar-refractivity contribution in [1.82, 2.24) is 24.8 Å². The number of fused-ring (bicyclic) bond motifs is 2. The largest absolute Gasteiger partial charge is 0.508 e. The van der Waals surface area contributed by atoms with Gasteiger partial charge in [-0.3, -0.25) is 14.4 Å². The summed E-state index contributed by atoms with van der Waals surface area (Å²) in [6, 6.07) is 6.97. The lowest BCUT2D eigenvalue weighted by Gasteiger charge is -2.35. The number of carbonyl (C=O) groups excluding carboxylic acids is 1. The summed E-state index contributed by atoms with van der Waals surface area (Å²) < 4.78 is 8.03. The lowest BCUT2D eigenvalue weighted by atomic mass is 10.0. The molecule has 0 spiro atoms. The van der Waals surface area contributed by atoms with Crippen LogP contribution in [0.25, 0.3) is 0 Å². The van der Waals surface area contributed by atoms with Crippen molar-refractivity contribution in [2.75, 3.05) is 26.7 Å². The number of amides is 1. The second-order valence-corrected chi connectivity index (χ2v) is 8.85. The van der Waals surface area contributed by atoms with Crippen molar-refractivity contribution < 1.29 is 19.7 Å². The minimum Gasteiger partial charge on any atom is -0.508 e. The molecule has 0 unspecified atom stereocenters. The zero-order chi connectivity index (χ0) is 23.1. The van der Waals surface area contributed by atoms with E-state index in [4.69, 9.17) is 4.74 Å². The molecule has 2 bridgehead atoms. The van der Waals surface area contributed by atoms with E-state index in [0.717, 1.165) is 11.3 Å². The maximum absolute atomic E-state index is 12.9. The summed E-state index contributed by atoms with van der Waals surface area (Å²) >= 11 is 0. The van der Waals surface area contributed by atoms with E-state index >= 15 is 0 Å². The van der Waals surface area contributed by atoms with Gasteiger partial charge in [0.1, 0.15) is 11.4 Å². The number of benzene rings is 1. The van der Waals surface area contributed by atoms with Gasteiger partial charge in [0, 0.05) is 38.5 Å². The Kier molecular flexibility index (Phi) is 8.60. The Bertz CT molecular complexity index is 874. The molecule has 9 heteroatoms. The first-order valence-corrected chi connectivity index (χ1v) is 11.2. The molecule has 32 heavy (non-hydrogen) atoms. The molecule has 0 saturated heterocycles. The van der Waals surface area contributed by atoms with Crippen LogP contribution in [0.15, 0.2) is 30.5 Å². The zero-order valence-electron chi connectivity index (χ0n) is 19.2. The average Bonchev–Trinajstić information content (AvgIpc) is 3.21. The summed E-state index contributed by atoms with van der Waals surface area (Å²) in [4.78, 5) is 16.8. The molecule has 1 amide bonds. The number of ether oxygens (including phenoxy) is 1. The number of nitrogens with zero attached hydrogens (tertiary/aromatic N) is 5. The molecule has 3 atom stereocenters. The van der Waals surface area contributed by atoms with Gasteiger partial charge in [0.2, 0.25) is 5.91 Å². The molecule has 3 rings (SSSR count). The second kappa shape index (κ2) is 11.4. The lowest BCUT2D eigenvalue weighted by Crippen LogP contribution is -2.47. The Labute approximate surface area is 189 Å². The Balaban J connectivity index is 1.76. The van der Waals surface area contributed by atoms with Crippen LogP contribution in [0.2, 0.25) is 0 Å². The predicted octanol–water partition coefficient (Wildman–Crippen LogP) is 1.64. The number of aromatic hydroxyl groups is 1. The fraction of sp³-hybridized carbons (Fsp3) is 0.609. The van der Waals surface area contributed by atoms with Crippen molar-refractivity contribution >= 4 is 5.91 Å². The molecule has 2 heterocycles. The van der Waals surface area contributed by atoms with Crippen molar-refractivity contribution in [3.05, 3.63) is 41.7 Å². The summed E-state index contributed by atoms with van der Waals surface area (Å²) in [5.41, 5.74) is 1.78. The van der Waals surface area contributed by atoms with E-state index in [1.54, 1.807) is 21.7 Å². The zero-order valence-corrected chi connectivity index (χ0v) is 19.2. The molecule has 176 valence electrons. The van der Waals surface area contributed by atoms with Crippen LogP contribution in [-0.4, -0.2) is 79.8 Å². The van der Waals surface area contributed by atoms with Crippen LogP contribution in [0.1, 0.15) is 37.9 Å². The Morgan fingerprint density at radius 3 is 2.94 bits per heavy atom.